The maximum Gasteiger partial charge on any atom is 0.208 e. The van der Waals surface area contributed by atoms with Gasteiger partial charge in [0.25, 0.3) is 0 Å². The first-order valence-corrected chi connectivity index (χ1v) is 7.48. The Morgan fingerprint density at radius 3 is 2.84 bits per heavy atom. The molecule has 1 aromatic carbocycles. The van der Waals surface area contributed by atoms with Gasteiger partial charge in [-0.3, -0.25) is 5.10 Å². The van der Waals surface area contributed by atoms with Crippen molar-refractivity contribution in [2.24, 2.45) is 5.92 Å². The molecule has 0 spiro atoms. The SMILES string of the molecule is Fc1ccccc1-c1nc(SC[C@H]2CC2(Cl)Cl)n[nH]1. The molecule has 0 radical (unpaired) electrons. The van der Waals surface area contributed by atoms with Crippen molar-refractivity contribution in [2.45, 2.75) is 15.9 Å². The summed E-state index contributed by atoms with van der Waals surface area (Å²) in [4.78, 5) is 4.26. The summed E-state index contributed by atoms with van der Waals surface area (Å²) in [6, 6.07) is 6.45. The van der Waals surface area contributed by atoms with E-state index in [0.717, 1.165) is 12.2 Å². The summed E-state index contributed by atoms with van der Waals surface area (Å²) in [5.41, 5.74) is 0.414. The zero-order valence-electron chi connectivity index (χ0n) is 9.74. The third kappa shape index (κ3) is 2.88. The molecule has 3 rings (SSSR count). The van der Waals surface area contributed by atoms with E-state index in [4.69, 9.17) is 23.2 Å². The number of aromatic amines is 1. The van der Waals surface area contributed by atoms with E-state index in [1.165, 1.54) is 17.8 Å². The molecule has 0 aliphatic heterocycles. The lowest BCUT2D eigenvalue weighted by atomic mass is 10.2. The fourth-order valence-corrected chi connectivity index (χ4v) is 3.44. The lowest BCUT2D eigenvalue weighted by Gasteiger charge is -1.97. The monoisotopic (exact) mass is 317 g/mol. The third-order valence-electron chi connectivity index (χ3n) is 2.96. The fourth-order valence-electron chi connectivity index (χ4n) is 1.71. The number of nitrogens with one attached hydrogen (secondary N) is 1. The van der Waals surface area contributed by atoms with Gasteiger partial charge in [-0.25, -0.2) is 9.37 Å². The van der Waals surface area contributed by atoms with Crippen LogP contribution in [0.15, 0.2) is 29.4 Å². The molecule has 0 bridgehead atoms. The molecule has 7 heteroatoms. The number of H-pyrrole nitrogens is 1. The first kappa shape index (κ1) is 13.2. The molecule has 0 amide bonds. The standard InChI is InChI=1S/C12H10Cl2FN3S/c13-12(14)5-7(12)6-19-11-16-10(17-18-11)8-3-1-2-4-9(8)15/h1-4,7H,5-6H2,(H,16,17,18)/t7-/m1/s1. The predicted molar refractivity (Wildman–Crippen MR) is 75.0 cm³/mol. The van der Waals surface area contributed by atoms with E-state index in [1.807, 2.05) is 0 Å². The van der Waals surface area contributed by atoms with Gasteiger partial charge in [0.15, 0.2) is 5.82 Å². The summed E-state index contributed by atoms with van der Waals surface area (Å²) in [5, 5.41) is 7.37. The highest BCUT2D eigenvalue weighted by atomic mass is 35.5. The molecule has 1 aromatic heterocycles. The average Bonchev–Trinajstić information content (AvgIpc) is 2.79. The van der Waals surface area contributed by atoms with Crippen molar-refractivity contribution in [1.82, 2.24) is 15.2 Å². The summed E-state index contributed by atoms with van der Waals surface area (Å²) in [6.07, 6.45) is 0.799. The van der Waals surface area contributed by atoms with E-state index in [0.29, 0.717) is 16.5 Å². The van der Waals surface area contributed by atoms with Crippen molar-refractivity contribution < 1.29 is 4.39 Å². The van der Waals surface area contributed by atoms with Crippen molar-refractivity contribution in [1.29, 1.82) is 0 Å². The largest absolute Gasteiger partial charge is 0.258 e. The molecule has 1 atom stereocenters. The Balaban J connectivity index is 1.68. The molecule has 3 nitrogen and oxygen atoms in total. The maximum absolute atomic E-state index is 13.6. The molecule has 1 aliphatic rings. The number of hydrogen-bond donors (Lipinski definition) is 1. The summed E-state index contributed by atoms with van der Waals surface area (Å²) >= 11 is 13.4. The molecule has 1 saturated carbocycles. The highest BCUT2D eigenvalue weighted by Crippen LogP contribution is 2.54. The number of rotatable bonds is 4. The van der Waals surface area contributed by atoms with E-state index in [9.17, 15) is 4.39 Å². The quantitative estimate of drug-likeness (QED) is 0.687. The van der Waals surface area contributed by atoms with Gasteiger partial charge in [0, 0.05) is 11.7 Å². The minimum Gasteiger partial charge on any atom is -0.258 e. The van der Waals surface area contributed by atoms with E-state index < -0.39 is 4.33 Å². The minimum atomic E-state index is -0.586. The van der Waals surface area contributed by atoms with Crippen LogP contribution in [0.1, 0.15) is 6.42 Å². The molecule has 0 saturated heterocycles. The Morgan fingerprint density at radius 1 is 1.42 bits per heavy atom. The molecule has 19 heavy (non-hydrogen) atoms. The highest BCUT2D eigenvalue weighted by Gasteiger charge is 2.51. The van der Waals surface area contributed by atoms with Gasteiger partial charge in [0.1, 0.15) is 10.2 Å². The van der Waals surface area contributed by atoms with Crippen molar-refractivity contribution in [3.05, 3.63) is 30.1 Å². The topological polar surface area (TPSA) is 41.6 Å². The van der Waals surface area contributed by atoms with Crippen molar-refractivity contribution >= 4 is 35.0 Å². The number of hydrogen-bond acceptors (Lipinski definition) is 3. The molecule has 1 N–H and O–H groups in total. The van der Waals surface area contributed by atoms with Crippen molar-refractivity contribution in [2.75, 3.05) is 5.75 Å². The number of halogens is 3. The van der Waals surface area contributed by atoms with Gasteiger partial charge in [0.2, 0.25) is 5.16 Å². The average molecular weight is 318 g/mol. The first-order valence-electron chi connectivity index (χ1n) is 5.74. The van der Waals surface area contributed by atoms with Crippen LogP contribution >= 0.6 is 35.0 Å². The van der Waals surface area contributed by atoms with Crippen LogP contribution in [-0.2, 0) is 0 Å². The number of aromatic nitrogens is 3. The van der Waals surface area contributed by atoms with Gasteiger partial charge in [0.05, 0.1) is 5.56 Å². The van der Waals surface area contributed by atoms with Crippen LogP contribution in [0.25, 0.3) is 11.4 Å². The van der Waals surface area contributed by atoms with Crippen LogP contribution in [-0.4, -0.2) is 25.3 Å². The molecule has 0 unspecified atom stereocenters. The summed E-state index contributed by atoms with van der Waals surface area (Å²) in [6.45, 7) is 0. The molecule has 1 fully saturated rings. The first-order chi connectivity index (χ1) is 9.06. The lowest BCUT2D eigenvalue weighted by Crippen LogP contribution is -1.93. The van der Waals surface area contributed by atoms with Crippen LogP contribution < -0.4 is 0 Å². The van der Waals surface area contributed by atoms with Gasteiger partial charge < -0.3 is 0 Å². The number of nitrogens with zero attached hydrogens (tertiary/aromatic N) is 2. The van der Waals surface area contributed by atoms with Crippen LogP contribution in [0.2, 0.25) is 0 Å². The second-order valence-corrected chi connectivity index (χ2v) is 6.95. The zero-order valence-corrected chi connectivity index (χ0v) is 12.1. The van der Waals surface area contributed by atoms with E-state index >= 15 is 0 Å². The fraction of sp³-hybridized carbons (Fsp3) is 0.333. The van der Waals surface area contributed by atoms with Gasteiger partial charge in [-0.15, -0.1) is 28.3 Å². The van der Waals surface area contributed by atoms with Crippen LogP contribution in [0.3, 0.4) is 0 Å². The van der Waals surface area contributed by atoms with Gasteiger partial charge in [-0.05, 0) is 18.6 Å². The number of benzene rings is 1. The molecule has 1 aliphatic carbocycles. The molecular weight excluding hydrogens is 308 g/mol. The zero-order chi connectivity index (χ0) is 13.5. The molecule has 1 heterocycles. The van der Waals surface area contributed by atoms with Crippen LogP contribution in [0, 0.1) is 11.7 Å². The van der Waals surface area contributed by atoms with E-state index in [1.54, 1.807) is 18.2 Å². The van der Waals surface area contributed by atoms with Crippen molar-refractivity contribution in [3.8, 4) is 11.4 Å². The second-order valence-electron chi connectivity index (χ2n) is 4.42. The Hall–Kier alpha value is -0.780. The molecule has 2 aromatic rings. The molecular formula is C12H10Cl2FN3S. The summed E-state index contributed by atoms with van der Waals surface area (Å²) in [7, 11) is 0. The maximum atomic E-state index is 13.6. The smallest absolute Gasteiger partial charge is 0.208 e. The van der Waals surface area contributed by atoms with Gasteiger partial charge >= 0.3 is 0 Å². The van der Waals surface area contributed by atoms with E-state index in [-0.39, 0.29) is 11.7 Å². The van der Waals surface area contributed by atoms with Gasteiger partial charge in [-0.1, -0.05) is 23.9 Å². The second kappa shape index (κ2) is 4.96. The lowest BCUT2D eigenvalue weighted by molar-refractivity contribution is 0.630. The van der Waals surface area contributed by atoms with Crippen LogP contribution in [0.5, 0.6) is 0 Å². The minimum absolute atomic E-state index is 0.274. The predicted octanol–water partition coefficient (Wildman–Crippen LogP) is 3.90. The van der Waals surface area contributed by atoms with E-state index in [2.05, 4.69) is 15.2 Å². The normalized spacial score (nSPS) is 20.5. The summed E-state index contributed by atoms with van der Waals surface area (Å²) in [5.74, 6) is 1.15. The van der Waals surface area contributed by atoms with Crippen molar-refractivity contribution in [3.63, 3.8) is 0 Å². The Morgan fingerprint density at radius 2 is 2.16 bits per heavy atom. The number of alkyl halides is 2. The van der Waals surface area contributed by atoms with Crippen LogP contribution in [0.4, 0.5) is 4.39 Å². The number of thioether (sulfide) groups is 1. The molecule has 100 valence electrons. The Kier molecular flexibility index (Phi) is 3.45. The Labute approximate surface area is 123 Å². The summed E-state index contributed by atoms with van der Waals surface area (Å²) < 4.78 is 13.0. The highest BCUT2D eigenvalue weighted by molar-refractivity contribution is 7.99. The van der Waals surface area contributed by atoms with Gasteiger partial charge in [-0.2, -0.15) is 0 Å². The third-order valence-corrected chi connectivity index (χ3v) is 4.90. The Bertz CT molecular complexity index is 602.